The van der Waals surface area contributed by atoms with E-state index < -0.39 is 0 Å². The second kappa shape index (κ2) is 6.40. The zero-order chi connectivity index (χ0) is 13.8. The van der Waals surface area contributed by atoms with Gasteiger partial charge in [0.2, 0.25) is 0 Å². The van der Waals surface area contributed by atoms with Crippen LogP contribution in [-0.4, -0.2) is 37.4 Å². The minimum Gasteiger partial charge on any atom is -0.396 e. The van der Waals surface area contributed by atoms with Crippen LogP contribution in [0.2, 0.25) is 0 Å². The predicted molar refractivity (Wildman–Crippen MR) is 80.8 cm³/mol. The molecule has 1 aliphatic heterocycles. The molecule has 3 heteroatoms. The second-order valence-corrected chi connectivity index (χ2v) is 5.97. The summed E-state index contributed by atoms with van der Waals surface area (Å²) in [6, 6.07) is 7.13. The maximum atomic E-state index is 9.16. The van der Waals surface area contributed by atoms with Crippen LogP contribution in [0.3, 0.4) is 0 Å². The summed E-state index contributed by atoms with van der Waals surface area (Å²) in [6.07, 6.45) is 0.827. The van der Waals surface area contributed by atoms with Crippen LogP contribution in [0.5, 0.6) is 0 Å². The smallest absolute Gasteiger partial charge is 0.0446 e. The molecule has 2 unspecified atom stereocenters. The Morgan fingerprint density at radius 2 is 1.89 bits per heavy atom. The quantitative estimate of drug-likeness (QED) is 0.875. The lowest BCUT2D eigenvalue weighted by Gasteiger charge is -2.28. The van der Waals surface area contributed by atoms with Gasteiger partial charge in [-0.25, -0.2) is 0 Å². The number of aliphatic hydroxyl groups excluding tert-OH is 1. The highest BCUT2D eigenvalue weighted by Crippen LogP contribution is 2.22. The number of benzene rings is 1. The summed E-state index contributed by atoms with van der Waals surface area (Å²) < 4.78 is 0. The highest BCUT2D eigenvalue weighted by atomic mass is 16.3. The van der Waals surface area contributed by atoms with Crippen molar-refractivity contribution in [3.05, 3.63) is 29.3 Å². The largest absolute Gasteiger partial charge is 0.396 e. The van der Waals surface area contributed by atoms with Crippen molar-refractivity contribution in [2.24, 2.45) is 5.92 Å². The summed E-state index contributed by atoms with van der Waals surface area (Å²) >= 11 is 0. The molecule has 3 nitrogen and oxygen atoms in total. The highest BCUT2D eigenvalue weighted by molar-refractivity contribution is 5.51. The Hall–Kier alpha value is -1.06. The van der Waals surface area contributed by atoms with E-state index in [0.29, 0.717) is 12.0 Å². The minimum absolute atomic E-state index is 0.257. The molecule has 0 saturated carbocycles. The molecule has 1 fully saturated rings. The first-order chi connectivity index (χ1) is 9.08. The Morgan fingerprint density at radius 3 is 2.53 bits per heavy atom. The number of nitrogens with one attached hydrogen (secondary N) is 1. The molecule has 0 amide bonds. The van der Waals surface area contributed by atoms with E-state index in [4.69, 9.17) is 5.11 Å². The summed E-state index contributed by atoms with van der Waals surface area (Å²) in [4.78, 5) is 2.46. The van der Waals surface area contributed by atoms with Gasteiger partial charge in [0.1, 0.15) is 0 Å². The lowest BCUT2D eigenvalue weighted by molar-refractivity contribution is 0.266. The van der Waals surface area contributed by atoms with Gasteiger partial charge in [-0.2, -0.15) is 0 Å². The monoisotopic (exact) mass is 262 g/mol. The van der Waals surface area contributed by atoms with Gasteiger partial charge in [-0.3, -0.25) is 0 Å². The maximum Gasteiger partial charge on any atom is 0.0446 e. The maximum absolute atomic E-state index is 9.16. The molecule has 1 aromatic rings. The van der Waals surface area contributed by atoms with Crippen LogP contribution in [0.25, 0.3) is 0 Å². The number of hydrogen-bond donors (Lipinski definition) is 2. The van der Waals surface area contributed by atoms with Crippen molar-refractivity contribution in [2.45, 2.75) is 33.2 Å². The number of rotatable bonds is 3. The SMILES string of the molecule is Cc1cc(C)cc(N2CC(C)CNC(CCO)C2)c1. The summed E-state index contributed by atoms with van der Waals surface area (Å²) in [5.41, 5.74) is 3.95. The lowest BCUT2D eigenvalue weighted by atomic mass is 10.1. The summed E-state index contributed by atoms with van der Waals surface area (Å²) in [6.45, 7) is 9.94. The Bertz CT molecular complexity index is 399. The number of aliphatic hydroxyl groups is 1. The van der Waals surface area contributed by atoms with Crippen molar-refractivity contribution in [2.75, 3.05) is 31.1 Å². The fourth-order valence-electron chi connectivity index (χ4n) is 2.91. The molecule has 1 saturated heterocycles. The van der Waals surface area contributed by atoms with Crippen LogP contribution < -0.4 is 10.2 Å². The highest BCUT2D eigenvalue weighted by Gasteiger charge is 2.21. The van der Waals surface area contributed by atoms with E-state index in [2.05, 4.69) is 49.2 Å². The van der Waals surface area contributed by atoms with Gasteiger partial charge in [0.25, 0.3) is 0 Å². The fourth-order valence-corrected chi connectivity index (χ4v) is 2.91. The van der Waals surface area contributed by atoms with Crippen LogP contribution in [0.15, 0.2) is 18.2 Å². The number of nitrogens with zero attached hydrogens (tertiary/aromatic N) is 1. The summed E-state index contributed by atoms with van der Waals surface area (Å²) in [5, 5.41) is 12.7. The third-order valence-corrected chi connectivity index (χ3v) is 3.78. The Morgan fingerprint density at radius 1 is 1.21 bits per heavy atom. The second-order valence-electron chi connectivity index (χ2n) is 5.97. The van der Waals surface area contributed by atoms with Gasteiger partial charge in [0, 0.05) is 31.4 Å². The molecule has 19 heavy (non-hydrogen) atoms. The molecule has 0 radical (unpaired) electrons. The first-order valence-electron chi connectivity index (χ1n) is 7.26. The Balaban J connectivity index is 2.19. The molecule has 0 aromatic heterocycles. The number of hydrogen-bond acceptors (Lipinski definition) is 3. The zero-order valence-electron chi connectivity index (χ0n) is 12.3. The van der Waals surface area contributed by atoms with E-state index in [9.17, 15) is 0 Å². The van der Waals surface area contributed by atoms with Gasteiger partial charge in [-0.15, -0.1) is 0 Å². The topological polar surface area (TPSA) is 35.5 Å². The van der Waals surface area contributed by atoms with Crippen LogP contribution in [-0.2, 0) is 0 Å². The molecule has 1 aromatic carbocycles. The van der Waals surface area contributed by atoms with Crippen LogP contribution >= 0.6 is 0 Å². The minimum atomic E-state index is 0.257. The molecule has 0 bridgehead atoms. The molecule has 0 spiro atoms. The Kier molecular flexibility index (Phi) is 4.83. The fraction of sp³-hybridized carbons (Fsp3) is 0.625. The van der Waals surface area contributed by atoms with Crippen molar-refractivity contribution in [3.63, 3.8) is 0 Å². The van der Waals surface area contributed by atoms with Gasteiger partial charge >= 0.3 is 0 Å². The number of anilines is 1. The van der Waals surface area contributed by atoms with E-state index in [1.165, 1.54) is 16.8 Å². The average Bonchev–Trinajstić information content (AvgIpc) is 2.51. The van der Waals surface area contributed by atoms with Gasteiger partial charge in [-0.1, -0.05) is 13.0 Å². The molecule has 1 heterocycles. The molecule has 2 N–H and O–H groups in total. The van der Waals surface area contributed by atoms with Gasteiger partial charge in [-0.05, 0) is 56.0 Å². The predicted octanol–water partition coefficient (Wildman–Crippen LogP) is 2.10. The first kappa shape index (κ1) is 14.4. The van der Waals surface area contributed by atoms with Crippen LogP contribution in [0, 0.1) is 19.8 Å². The van der Waals surface area contributed by atoms with Crippen LogP contribution in [0.1, 0.15) is 24.5 Å². The Labute approximate surface area is 116 Å². The molecular weight excluding hydrogens is 236 g/mol. The molecule has 106 valence electrons. The van der Waals surface area contributed by atoms with Gasteiger partial charge < -0.3 is 15.3 Å². The van der Waals surface area contributed by atoms with Gasteiger partial charge in [0.15, 0.2) is 0 Å². The molecule has 1 aliphatic rings. The number of aryl methyl sites for hydroxylation is 2. The van der Waals surface area contributed by atoms with E-state index in [-0.39, 0.29) is 6.61 Å². The molecule has 0 aliphatic carbocycles. The van der Waals surface area contributed by atoms with Gasteiger partial charge in [0.05, 0.1) is 0 Å². The van der Waals surface area contributed by atoms with E-state index in [1.807, 2.05) is 0 Å². The molecule has 2 atom stereocenters. The van der Waals surface area contributed by atoms with Crippen molar-refractivity contribution < 1.29 is 5.11 Å². The average molecular weight is 262 g/mol. The van der Waals surface area contributed by atoms with Crippen molar-refractivity contribution in [1.29, 1.82) is 0 Å². The van der Waals surface area contributed by atoms with E-state index in [1.54, 1.807) is 0 Å². The van der Waals surface area contributed by atoms with E-state index in [0.717, 1.165) is 26.1 Å². The van der Waals surface area contributed by atoms with Crippen molar-refractivity contribution >= 4 is 5.69 Å². The molecular formula is C16H26N2O. The van der Waals surface area contributed by atoms with Crippen molar-refractivity contribution in [3.8, 4) is 0 Å². The van der Waals surface area contributed by atoms with Crippen LogP contribution in [0.4, 0.5) is 5.69 Å². The van der Waals surface area contributed by atoms with E-state index >= 15 is 0 Å². The summed E-state index contributed by atoms with van der Waals surface area (Å²) in [7, 11) is 0. The standard InChI is InChI=1S/C16H26N2O/c1-12-6-13(2)8-16(7-12)18-10-14(3)9-17-15(11-18)4-5-19/h6-8,14-15,17,19H,4-5,9-11H2,1-3H3. The van der Waals surface area contributed by atoms with Crippen molar-refractivity contribution in [1.82, 2.24) is 5.32 Å². The summed E-state index contributed by atoms with van der Waals surface area (Å²) in [5.74, 6) is 0.629. The lowest BCUT2D eigenvalue weighted by Crippen LogP contribution is -2.38. The third-order valence-electron chi connectivity index (χ3n) is 3.78. The normalized spacial score (nSPS) is 24.3. The first-order valence-corrected chi connectivity index (χ1v) is 7.26. The third kappa shape index (κ3) is 3.95. The zero-order valence-corrected chi connectivity index (χ0v) is 12.3. The molecule has 2 rings (SSSR count).